The van der Waals surface area contributed by atoms with Crippen molar-refractivity contribution < 1.29 is 4.74 Å². The predicted molar refractivity (Wildman–Crippen MR) is 81.9 cm³/mol. The molecule has 0 bridgehead atoms. The quantitative estimate of drug-likeness (QED) is 0.911. The number of nitrogens with two attached hydrogens (primary N) is 1. The molecule has 1 unspecified atom stereocenters. The molecular formula is C16H23NOS. The molecule has 1 saturated carbocycles. The van der Waals surface area contributed by atoms with Crippen LogP contribution in [0.5, 0.6) is 5.75 Å². The van der Waals surface area contributed by atoms with Gasteiger partial charge in [-0.3, -0.25) is 0 Å². The predicted octanol–water partition coefficient (Wildman–Crippen LogP) is 3.69. The molecule has 2 aliphatic rings. The van der Waals surface area contributed by atoms with Gasteiger partial charge in [-0.25, -0.2) is 0 Å². The first kappa shape index (κ1) is 13.3. The van der Waals surface area contributed by atoms with Crippen LogP contribution in [0.15, 0.2) is 18.2 Å². The molecule has 1 aliphatic heterocycles. The zero-order valence-corrected chi connectivity index (χ0v) is 12.3. The third-order valence-electron chi connectivity index (χ3n) is 4.18. The maximum absolute atomic E-state index is 6.40. The number of benzene rings is 1. The van der Waals surface area contributed by atoms with Crippen LogP contribution in [0.4, 0.5) is 0 Å². The van der Waals surface area contributed by atoms with E-state index < -0.39 is 0 Å². The van der Waals surface area contributed by atoms with Gasteiger partial charge in [0.2, 0.25) is 0 Å². The fourth-order valence-corrected chi connectivity index (χ4v) is 4.42. The first-order valence-electron chi connectivity index (χ1n) is 7.46. The summed E-state index contributed by atoms with van der Waals surface area (Å²) in [6.45, 7) is 0.840. The largest absolute Gasteiger partial charge is 0.493 e. The zero-order valence-electron chi connectivity index (χ0n) is 11.4. The van der Waals surface area contributed by atoms with Crippen molar-refractivity contribution in [3.63, 3.8) is 0 Å². The molecule has 1 aromatic carbocycles. The van der Waals surface area contributed by atoms with Gasteiger partial charge >= 0.3 is 0 Å². The number of aryl methyl sites for hydroxylation is 1. The molecule has 1 aliphatic carbocycles. The average Bonchev–Trinajstić information content (AvgIpc) is 2.97. The monoisotopic (exact) mass is 277 g/mol. The number of para-hydroxylation sites is 1. The van der Waals surface area contributed by atoms with Gasteiger partial charge in [0, 0.05) is 22.6 Å². The molecule has 1 atom stereocenters. The summed E-state index contributed by atoms with van der Waals surface area (Å²) in [6, 6.07) is 6.56. The molecule has 1 aromatic rings. The van der Waals surface area contributed by atoms with Crippen molar-refractivity contribution in [3.8, 4) is 5.75 Å². The van der Waals surface area contributed by atoms with Crippen LogP contribution >= 0.6 is 11.8 Å². The van der Waals surface area contributed by atoms with E-state index in [9.17, 15) is 0 Å². The second-order valence-electron chi connectivity index (χ2n) is 5.63. The minimum absolute atomic E-state index is 0.110. The van der Waals surface area contributed by atoms with Crippen molar-refractivity contribution in [1.82, 2.24) is 0 Å². The number of rotatable bonds is 4. The van der Waals surface area contributed by atoms with Crippen molar-refractivity contribution in [2.75, 3.05) is 12.4 Å². The number of fused-ring (bicyclic) bond motifs is 1. The summed E-state index contributed by atoms with van der Waals surface area (Å²) in [5, 5.41) is 0.839. The van der Waals surface area contributed by atoms with E-state index in [0.29, 0.717) is 0 Å². The molecule has 0 radical (unpaired) electrons. The number of thioether (sulfide) groups is 1. The lowest BCUT2D eigenvalue weighted by Gasteiger charge is -2.23. The topological polar surface area (TPSA) is 35.2 Å². The fourth-order valence-electron chi connectivity index (χ4n) is 3.09. The summed E-state index contributed by atoms with van der Waals surface area (Å²) >= 11 is 2.06. The van der Waals surface area contributed by atoms with Gasteiger partial charge in [0.25, 0.3) is 0 Å². The van der Waals surface area contributed by atoms with E-state index in [1.807, 2.05) is 0 Å². The Balaban J connectivity index is 1.67. The van der Waals surface area contributed by atoms with Crippen LogP contribution in [0.3, 0.4) is 0 Å². The van der Waals surface area contributed by atoms with E-state index in [1.54, 1.807) is 0 Å². The third kappa shape index (κ3) is 3.09. The SMILES string of the molecule is NC(CSC1CCCC1)c1cccc2c1OCCC2. The first-order chi connectivity index (χ1) is 9.34. The van der Waals surface area contributed by atoms with Gasteiger partial charge in [-0.15, -0.1) is 0 Å². The molecule has 0 saturated heterocycles. The summed E-state index contributed by atoms with van der Waals surface area (Å²) in [5.41, 5.74) is 8.95. The van der Waals surface area contributed by atoms with Crippen molar-refractivity contribution in [3.05, 3.63) is 29.3 Å². The molecule has 0 aromatic heterocycles. The minimum atomic E-state index is 0.110. The van der Waals surface area contributed by atoms with Gasteiger partial charge in [0.15, 0.2) is 0 Å². The van der Waals surface area contributed by atoms with Gasteiger partial charge in [-0.2, -0.15) is 11.8 Å². The van der Waals surface area contributed by atoms with Gasteiger partial charge < -0.3 is 10.5 Å². The Bertz CT molecular complexity index is 429. The second kappa shape index (κ2) is 6.19. The summed E-state index contributed by atoms with van der Waals surface area (Å²) in [5.74, 6) is 2.10. The van der Waals surface area contributed by atoms with Crippen LogP contribution in [0.1, 0.15) is 49.3 Å². The molecule has 1 heterocycles. The number of hydrogen-bond acceptors (Lipinski definition) is 3. The van der Waals surface area contributed by atoms with Crippen LogP contribution < -0.4 is 10.5 Å². The van der Waals surface area contributed by atoms with Crippen LogP contribution in [0.2, 0.25) is 0 Å². The lowest BCUT2D eigenvalue weighted by Crippen LogP contribution is -2.19. The van der Waals surface area contributed by atoms with Crippen molar-refractivity contribution in [2.45, 2.75) is 49.8 Å². The van der Waals surface area contributed by atoms with Crippen LogP contribution in [0.25, 0.3) is 0 Å². The third-order valence-corrected chi connectivity index (χ3v) is 5.67. The summed E-state index contributed by atoms with van der Waals surface area (Å²) in [4.78, 5) is 0. The Morgan fingerprint density at radius 1 is 1.26 bits per heavy atom. The van der Waals surface area contributed by atoms with E-state index in [-0.39, 0.29) is 6.04 Å². The molecule has 3 rings (SSSR count). The smallest absolute Gasteiger partial charge is 0.127 e. The molecule has 104 valence electrons. The first-order valence-corrected chi connectivity index (χ1v) is 8.51. The second-order valence-corrected chi connectivity index (χ2v) is 6.97. The standard InChI is InChI=1S/C16H23NOS/c17-15(11-19-13-7-1-2-8-13)14-9-3-5-12-6-4-10-18-16(12)14/h3,5,9,13,15H,1-2,4,6-8,10-11,17H2. The Morgan fingerprint density at radius 2 is 2.11 bits per heavy atom. The lowest BCUT2D eigenvalue weighted by molar-refractivity contribution is 0.284. The summed E-state index contributed by atoms with van der Waals surface area (Å²) < 4.78 is 5.86. The Morgan fingerprint density at radius 3 is 2.95 bits per heavy atom. The minimum Gasteiger partial charge on any atom is -0.493 e. The van der Waals surface area contributed by atoms with E-state index in [1.165, 1.54) is 36.8 Å². The summed E-state index contributed by atoms with van der Waals surface area (Å²) in [6.07, 6.45) is 7.81. The summed E-state index contributed by atoms with van der Waals surface area (Å²) in [7, 11) is 0. The number of hydrogen-bond donors (Lipinski definition) is 1. The van der Waals surface area contributed by atoms with Crippen LogP contribution in [-0.4, -0.2) is 17.6 Å². The lowest BCUT2D eigenvalue weighted by atomic mass is 9.99. The highest BCUT2D eigenvalue weighted by atomic mass is 32.2. The molecule has 19 heavy (non-hydrogen) atoms. The Kier molecular flexibility index (Phi) is 4.34. The van der Waals surface area contributed by atoms with Crippen molar-refractivity contribution >= 4 is 11.8 Å². The molecular weight excluding hydrogens is 254 g/mol. The Labute approximate surface area is 120 Å². The molecule has 2 nitrogen and oxygen atoms in total. The van der Waals surface area contributed by atoms with E-state index in [2.05, 4.69) is 30.0 Å². The molecule has 1 fully saturated rings. The Hall–Kier alpha value is -0.670. The highest BCUT2D eigenvalue weighted by molar-refractivity contribution is 7.99. The van der Waals surface area contributed by atoms with Gasteiger partial charge in [-0.1, -0.05) is 31.0 Å². The zero-order chi connectivity index (χ0) is 13.1. The highest BCUT2D eigenvalue weighted by Crippen LogP contribution is 2.36. The van der Waals surface area contributed by atoms with E-state index in [4.69, 9.17) is 10.5 Å². The fraction of sp³-hybridized carbons (Fsp3) is 0.625. The van der Waals surface area contributed by atoms with Crippen LogP contribution in [0, 0.1) is 0 Å². The highest BCUT2D eigenvalue weighted by Gasteiger charge is 2.21. The van der Waals surface area contributed by atoms with E-state index >= 15 is 0 Å². The maximum Gasteiger partial charge on any atom is 0.127 e. The van der Waals surface area contributed by atoms with Gasteiger partial charge in [0.05, 0.1) is 6.61 Å². The van der Waals surface area contributed by atoms with Crippen molar-refractivity contribution in [1.29, 1.82) is 0 Å². The van der Waals surface area contributed by atoms with Gasteiger partial charge in [-0.05, 0) is 31.2 Å². The van der Waals surface area contributed by atoms with Crippen LogP contribution in [-0.2, 0) is 6.42 Å². The molecule has 0 amide bonds. The van der Waals surface area contributed by atoms with Gasteiger partial charge in [0.1, 0.15) is 5.75 Å². The maximum atomic E-state index is 6.40. The molecule has 0 spiro atoms. The van der Waals surface area contributed by atoms with E-state index in [0.717, 1.165) is 36.2 Å². The molecule has 2 N–H and O–H groups in total. The van der Waals surface area contributed by atoms with Crippen molar-refractivity contribution in [2.24, 2.45) is 5.73 Å². The average molecular weight is 277 g/mol. The molecule has 3 heteroatoms. The normalized spacial score (nSPS) is 20.9. The number of ether oxygens (including phenoxy) is 1.